The molecule has 0 saturated heterocycles. The van der Waals surface area contributed by atoms with Gasteiger partial charge in [-0.2, -0.15) is 0 Å². The molecule has 0 heterocycles. The highest BCUT2D eigenvalue weighted by atomic mass is 14.0. The van der Waals surface area contributed by atoms with Crippen LogP contribution >= 0.6 is 0 Å². The van der Waals surface area contributed by atoms with Crippen molar-refractivity contribution < 1.29 is 0 Å². The van der Waals surface area contributed by atoms with Crippen molar-refractivity contribution in [2.75, 3.05) is 0 Å². The minimum atomic E-state index is 1.19. The minimum absolute atomic E-state index is 1.19. The molecule has 28 heavy (non-hydrogen) atoms. The fourth-order valence-corrected chi connectivity index (χ4v) is 2.61. The summed E-state index contributed by atoms with van der Waals surface area (Å²) in [6, 6.07) is 0. The van der Waals surface area contributed by atoms with Crippen LogP contribution in [-0.2, 0) is 0 Å². The van der Waals surface area contributed by atoms with Gasteiger partial charge in [0.2, 0.25) is 0 Å². The van der Waals surface area contributed by atoms with Gasteiger partial charge in [0.25, 0.3) is 0 Å². The van der Waals surface area contributed by atoms with E-state index in [1.165, 1.54) is 51.4 Å². The molecule has 0 atom stereocenters. The minimum Gasteiger partial charge on any atom is -0.0845 e. The molecule has 1 rings (SSSR count). The molecule has 0 aromatic heterocycles. The molecule has 0 amide bonds. The Hall–Kier alpha value is -2.60. The predicted molar refractivity (Wildman–Crippen MR) is 128 cm³/mol. The molecule has 0 aliphatic heterocycles. The van der Waals surface area contributed by atoms with E-state index < -0.39 is 0 Å². The van der Waals surface area contributed by atoms with Gasteiger partial charge in [0.05, 0.1) is 0 Å². The second-order valence-electron chi connectivity index (χ2n) is 6.63. The predicted octanol–water partition coefficient (Wildman–Crippen LogP) is 8.68. The first-order valence-corrected chi connectivity index (χ1v) is 10.6. The summed E-state index contributed by atoms with van der Waals surface area (Å²) in [7, 11) is 0. The van der Waals surface area contributed by atoms with Gasteiger partial charge in [0.1, 0.15) is 0 Å². The van der Waals surface area contributed by atoms with Crippen LogP contribution in [0, 0.1) is 0 Å². The van der Waals surface area contributed by atoms with Crippen LogP contribution in [0.2, 0.25) is 0 Å². The lowest BCUT2D eigenvalue weighted by atomic mass is 10.1. The van der Waals surface area contributed by atoms with E-state index in [4.69, 9.17) is 0 Å². The molecule has 0 spiro atoms. The average Bonchev–Trinajstić information content (AvgIpc) is 2.71. The summed E-state index contributed by atoms with van der Waals surface area (Å²) in [4.78, 5) is 0. The maximum absolute atomic E-state index is 2.27. The molecule has 0 aromatic rings. The lowest BCUT2D eigenvalue weighted by Crippen LogP contribution is -1.79. The summed E-state index contributed by atoms with van der Waals surface area (Å²) in [6.45, 7) is 0. The Morgan fingerprint density at radius 3 is 0.714 bits per heavy atom. The largest absolute Gasteiger partial charge is 0.0845 e. The van der Waals surface area contributed by atoms with Gasteiger partial charge in [-0.1, -0.05) is 147 Å². The molecule has 0 saturated carbocycles. The van der Waals surface area contributed by atoms with E-state index in [1.807, 2.05) is 60.8 Å². The first-order chi connectivity index (χ1) is 14.0. The van der Waals surface area contributed by atoms with Crippen molar-refractivity contribution in [3.63, 3.8) is 0 Å². The van der Waals surface area contributed by atoms with Gasteiger partial charge in [0.15, 0.2) is 0 Å². The van der Waals surface area contributed by atoms with Crippen LogP contribution in [0.3, 0.4) is 0 Å². The Bertz CT molecular complexity index is 582. The lowest BCUT2D eigenvalue weighted by molar-refractivity contribution is 0.600. The smallest absolute Gasteiger partial charge is 0.0348 e. The molecule has 0 aromatic carbocycles. The summed E-state index contributed by atoms with van der Waals surface area (Å²) < 4.78 is 0. The Morgan fingerprint density at radius 1 is 0.214 bits per heavy atom. The van der Waals surface area contributed by atoms with Crippen LogP contribution in [-0.4, -0.2) is 0 Å². The molecule has 0 fully saturated rings. The standard InChI is InChI=1S/C28H36/c1-2-4-6-8-10-12-14-16-18-20-22-24-26-28-27-25-23-21-19-17-15-13-11-9-7-5-3-1/h1-20H,21-28H2/b3-1+,4-2+,7-5-,8-6+,11-9-,12-10-,15-13-,16-14+,19-17?,20-18+. The van der Waals surface area contributed by atoms with Gasteiger partial charge in [-0.3, -0.25) is 0 Å². The summed E-state index contributed by atoms with van der Waals surface area (Å²) in [6.07, 6.45) is 52.0. The van der Waals surface area contributed by atoms with E-state index in [2.05, 4.69) is 60.8 Å². The Balaban J connectivity index is 2.45. The van der Waals surface area contributed by atoms with E-state index in [0.717, 1.165) is 0 Å². The highest BCUT2D eigenvalue weighted by molar-refractivity contribution is 5.22. The zero-order chi connectivity index (χ0) is 19.8. The fourth-order valence-electron chi connectivity index (χ4n) is 2.61. The average molecular weight is 373 g/mol. The van der Waals surface area contributed by atoms with Crippen molar-refractivity contribution >= 4 is 0 Å². The van der Waals surface area contributed by atoms with E-state index in [0.29, 0.717) is 0 Å². The van der Waals surface area contributed by atoms with Gasteiger partial charge in [-0.25, -0.2) is 0 Å². The molecule has 0 unspecified atom stereocenters. The van der Waals surface area contributed by atoms with Crippen molar-refractivity contribution in [1.29, 1.82) is 0 Å². The van der Waals surface area contributed by atoms with E-state index in [9.17, 15) is 0 Å². The van der Waals surface area contributed by atoms with E-state index >= 15 is 0 Å². The van der Waals surface area contributed by atoms with Crippen LogP contribution in [0.4, 0.5) is 0 Å². The topological polar surface area (TPSA) is 0 Å². The zero-order valence-electron chi connectivity index (χ0n) is 17.2. The van der Waals surface area contributed by atoms with Gasteiger partial charge in [-0.15, -0.1) is 0 Å². The third kappa shape index (κ3) is 18.2. The van der Waals surface area contributed by atoms with Crippen molar-refractivity contribution in [2.24, 2.45) is 0 Å². The molecule has 148 valence electrons. The second-order valence-corrected chi connectivity index (χ2v) is 6.63. The number of hydrogen-bond donors (Lipinski definition) is 0. The van der Waals surface area contributed by atoms with Gasteiger partial charge in [-0.05, 0) is 25.7 Å². The summed E-state index contributed by atoms with van der Waals surface area (Å²) in [5, 5.41) is 0. The first kappa shape index (κ1) is 23.4. The van der Waals surface area contributed by atoms with Crippen LogP contribution in [0.5, 0.6) is 0 Å². The van der Waals surface area contributed by atoms with Crippen LogP contribution in [0.15, 0.2) is 122 Å². The Kier molecular flexibility index (Phi) is 17.3. The third-order valence-corrected chi connectivity index (χ3v) is 4.15. The van der Waals surface area contributed by atoms with E-state index in [1.54, 1.807) is 0 Å². The maximum Gasteiger partial charge on any atom is -0.0348 e. The van der Waals surface area contributed by atoms with Gasteiger partial charge in [0, 0.05) is 0 Å². The molecule has 0 N–H and O–H groups in total. The molecular formula is C28H36. The summed E-state index contributed by atoms with van der Waals surface area (Å²) in [5.41, 5.74) is 0. The lowest BCUT2D eigenvalue weighted by Gasteiger charge is -1.99. The molecule has 0 bridgehead atoms. The monoisotopic (exact) mass is 372 g/mol. The number of allylic oxidation sites excluding steroid dienone is 20. The molecule has 0 nitrogen and oxygen atoms in total. The van der Waals surface area contributed by atoms with Crippen molar-refractivity contribution in [1.82, 2.24) is 0 Å². The van der Waals surface area contributed by atoms with Crippen LogP contribution in [0.1, 0.15) is 51.4 Å². The summed E-state index contributed by atoms with van der Waals surface area (Å²) in [5.74, 6) is 0. The maximum atomic E-state index is 2.27. The van der Waals surface area contributed by atoms with Crippen LogP contribution < -0.4 is 0 Å². The number of rotatable bonds is 0. The molecule has 0 radical (unpaired) electrons. The van der Waals surface area contributed by atoms with Crippen molar-refractivity contribution in [2.45, 2.75) is 51.4 Å². The Morgan fingerprint density at radius 2 is 0.429 bits per heavy atom. The first-order valence-electron chi connectivity index (χ1n) is 10.6. The SMILES string of the molecule is C1=CCCCCCCCC/C=C/C=C/C=C\C=C\C=C\C=C\C=C/C=C\C=C/1. The fraction of sp³-hybridized carbons (Fsp3) is 0.286. The molecular weight excluding hydrogens is 336 g/mol. The van der Waals surface area contributed by atoms with E-state index in [-0.39, 0.29) is 0 Å². The highest BCUT2D eigenvalue weighted by Gasteiger charge is 1.89. The van der Waals surface area contributed by atoms with Crippen molar-refractivity contribution in [3.05, 3.63) is 122 Å². The normalized spacial score (nSPS) is 28.6. The highest BCUT2D eigenvalue weighted by Crippen LogP contribution is 2.09. The number of hydrogen-bond acceptors (Lipinski definition) is 0. The molecule has 0 heteroatoms. The van der Waals surface area contributed by atoms with Gasteiger partial charge >= 0.3 is 0 Å². The quantitative estimate of drug-likeness (QED) is 0.399. The Labute approximate surface area is 173 Å². The zero-order valence-corrected chi connectivity index (χ0v) is 17.2. The van der Waals surface area contributed by atoms with Crippen molar-refractivity contribution in [3.8, 4) is 0 Å². The third-order valence-electron chi connectivity index (χ3n) is 4.15. The van der Waals surface area contributed by atoms with Crippen LogP contribution in [0.25, 0.3) is 0 Å². The second kappa shape index (κ2) is 20.7. The van der Waals surface area contributed by atoms with Gasteiger partial charge < -0.3 is 0 Å². The molecule has 1 aliphatic carbocycles. The summed E-state index contributed by atoms with van der Waals surface area (Å²) >= 11 is 0. The molecule has 1 aliphatic rings.